The van der Waals surface area contributed by atoms with Crippen molar-refractivity contribution in [2.45, 2.75) is 32.6 Å². The van der Waals surface area contributed by atoms with Crippen molar-refractivity contribution in [2.24, 2.45) is 0 Å². The lowest BCUT2D eigenvalue weighted by molar-refractivity contribution is -0.0334. The van der Waals surface area contributed by atoms with Crippen molar-refractivity contribution in [3.05, 3.63) is 0 Å². The van der Waals surface area contributed by atoms with Crippen molar-refractivity contribution in [2.75, 3.05) is 46.1 Å². The molecule has 0 aromatic rings. The minimum atomic E-state index is 0.778. The average Bonchev–Trinajstić information content (AvgIpc) is 2.82. The van der Waals surface area contributed by atoms with Crippen molar-refractivity contribution < 1.29 is 9.47 Å². The molecule has 2 aliphatic rings. The number of unbranched alkanes of at least 4 members (excludes halogenated alkanes) is 1. The average molecular weight is 215 g/mol. The first kappa shape index (κ1) is 12.9. The Morgan fingerprint density at radius 3 is 1.87 bits per heavy atom. The van der Waals surface area contributed by atoms with Crippen molar-refractivity contribution >= 4 is 0 Å². The summed E-state index contributed by atoms with van der Waals surface area (Å²) in [6.07, 6.45) is 5.60. The Hall–Kier alpha value is -0.120. The molecule has 2 aliphatic heterocycles. The molecule has 2 saturated heterocycles. The van der Waals surface area contributed by atoms with Gasteiger partial charge in [-0.25, -0.2) is 0 Å². The summed E-state index contributed by atoms with van der Waals surface area (Å²) in [6.45, 7) is 9.44. The topological polar surface area (TPSA) is 21.7 Å². The van der Waals surface area contributed by atoms with E-state index in [9.17, 15) is 0 Å². The van der Waals surface area contributed by atoms with Gasteiger partial charge >= 0.3 is 0 Å². The Labute approximate surface area is 93.7 Å². The molecule has 0 unspecified atom stereocenters. The Bertz CT molecular complexity index is 120. The minimum absolute atomic E-state index is 0.778. The van der Waals surface area contributed by atoms with Gasteiger partial charge in [0.05, 0.1) is 26.4 Å². The van der Waals surface area contributed by atoms with E-state index in [1.807, 2.05) is 0 Å². The first-order chi connectivity index (χ1) is 7.43. The van der Waals surface area contributed by atoms with E-state index in [4.69, 9.17) is 9.47 Å². The van der Waals surface area contributed by atoms with Crippen LogP contribution in [0.15, 0.2) is 0 Å². The van der Waals surface area contributed by atoms with Crippen LogP contribution in [0, 0.1) is 0 Å². The zero-order valence-electron chi connectivity index (χ0n) is 10.0. The molecule has 0 atom stereocenters. The van der Waals surface area contributed by atoms with Crippen LogP contribution < -0.4 is 0 Å². The molecule has 0 bridgehead atoms. The summed E-state index contributed by atoms with van der Waals surface area (Å²) in [5, 5.41) is 0. The molecule has 3 heteroatoms. The largest absolute Gasteiger partial charge is 0.377 e. The molecule has 2 fully saturated rings. The van der Waals surface area contributed by atoms with Gasteiger partial charge in [-0.1, -0.05) is 13.3 Å². The minimum Gasteiger partial charge on any atom is -0.377 e. The molecule has 0 N–H and O–H groups in total. The second-order valence-electron chi connectivity index (χ2n) is 4.13. The normalized spacial score (nSPS) is 22.2. The van der Waals surface area contributed by atoms with Crippen LogP contribution in [0.2, 0.25) is 0 Å². The van der Waals surface area contributed by atoms with Crippen molar-refractivity contribution in [3.8, 4) is 0 Å². The van der Waals surface area contributed by atoms with Crippen LogP contribution in [0.1, 0.15) is 32.6 Å². The number of likely N-dealkylation sites (tertiary alicyclic amines) is 1. The van der Waals surface area contributed by atoms with Gasteiger partial charge in [-0.2, -0.15) is 0 Å². The summed E-state index contributed by atoms with van der Waals surface area (Å²) in [7, 11) is 0. The number of hydrogen-bond donors (Lipinski definition) is 0. The maximum atomic E-state index is 4.94. The van der Waals surface area contributed by atoms with E-state index in [0.29, 0.717) is 0 Å². The maximum Gasteiger partial charge on any atom is 0.0701 e. The van der Waals surface area contributed by atoms with Gasteiger partial charge in [-0.15, -0.1) is 0 Å². The monoisotopic (exact) mass is 215 g/mol. The van der Waals surface area contributed by atoms with E-state index in [1.165, 1.54) is 45.3 Å². The molecule has 0 radical (unpaired) electrons. The van der Waals surface area contributed by atoms with Gasteiger partial charge in [-0.3, -0.25) is 0 Å². The zero-order chi connectivity index (χ0) is 10.8. The molecule has 3 nitrogen and oxygen atoms in total. The molecule has 2 heterocycles. The number of ether oxygens (including phenoxy) is 2. The highest BCUT2D eigenvalue weighted by atomic mass is 16.6. The molecule has 0 amide bonds. The molecular weight excluding hydrogens is 190 g/mol. The highest BCUT2D eigenvalue weighted by Crippen LogP contribution is 2.07. The summed E-state index contributed by atoms with van der Waals surface area (Å²) in [4.78, 5) is 2.57. The van der Waals surface area contributed by atoms with Crippen LogP contribution in [0.4, 0.5) is 0 Å². The molecule has 2 rings (SSSR count). The summed E-state index contributed by atoms with van der Waals surface area (Å²) in [5.41, 5.74) is 0. The summed E-state index contributed by atoms with van der Waals surface area (Å²) in [5.74, 6) is 0. The third-order valence-corrected chi connectivity index (χ3v) is 2.77. The molecule has 0 aliphatic carbocycles. The van der Waals surface area contributed by atoms with E-state index >= 15 is 0 Å². The van der Waals surface area contributed by atoms with Crippen molar-refractivity contribution in [3.63, 3.8) is 0 Å². The lowest BCUT2D eigenvalue weighted by atomic mass is 10.3. The fourth-order valence-electron chi connectivity index (χ4n) is 1.83. The number of nitrogens with zero attached hydrogens (tertiary/aromatic N) is 1. The smallest absolute Gasteiger partial charge is 0.0701 e. The number of hydrogen-bond acceptors (Lipinski definition) is 3. The maximum absolute atomic E-state index is 4.94. The third kappa shape index (κ3) is 6.88. The fraction of sp³-hybridized carbons (Fsp3) is 1.00. The summed E-state index contributed by atoms with van der Waals surface area (Å²) in [6, 6.07) is 0. The van der Waals surface area contributed by atoms with E-state index in [2.05, 4.69) is 11.8 Å². The van der Waals surface area contributed by atoms with Crippen LogP contribution in [-0.2, 0) is 9.47 Å². The fourth-order valence-corrected chi connectivity index (χ4v) is 1.83. The van der Waals surface area contributed by atoms with Gasteiger partial charge in [0.15, 0.2) is 0 Å². The SMILES string of the molecule is C1COCCO1.CCCCN1CCCC1. The Morgan fingerprint density at radius 1 is 0.933 bits per heavy atom. The molecule has 90 valence electrons. The zero-order valence-corrected chi connectivity index (χ0v) is 10.0. The van der Waals surface area contributed by atoms with E-state index < -0.39 is 0 Å². The lowest BCUT2D eigenvalue weighted by Gasteiger charge is -2.12. The molecule has 0 aromatic heterocycles. The lowest BCUT2D eigenvalue weighted by Crippen LogP contribution is -2.19. The van der Waals surface area contributed by atoms with Crippen LogP contribution in [0.25, 0.3) is 0 Å². The standard InChI is InChI=1S/C8H17N.C4H8O2/c1-2-3-6-9-7-4-5-8-9;1-2-6-4-3-5-1/h2-8H2,1H3;1-4H2. The molecule has 0 spiro atoms. The van der Waals surface area contributed by atoms with E-state index in [0.717, 1.165) is 26.4 Å². The Kier molecular flexibility index (Phi) is 7.88. The molecule has 0 aromatic carbocycles. The highest BCUT2D eigenvalue weighted by Gasteiger charge is 2.09. The van der Waals surface area contributed by atoms with Gasteiger partial charge < -0.3 is 14.4 Å². The van der Waals surface area contributed by atoms with Gasteiger partial charge in [0.25, 0.3) is 0 Å². The number of rotatable bonds is 3. The van der Waals surface area contributed by atoms with Crippen molar-refractivity contribution in [1.82, 2.24) is 4.90 Å². The highest BCUT2D eigenvalue weighted by molar-refractivity contribution is 4.64. The second-order valence-corrected chi connectivity index (χ2v) is 4.13. The second kappa shape index (κ2) is 9.13. The van der Waals surface area contributed by atoms with Gasteiger partial charge in [-0.05, 0) is 38.9 Å². The molecular formula is C12H25NO2. The molecule has 15 heavy (non-hydrogen) atoms. The first-order valence-corrected chi connectivity index (χ1v) is 6.31. The predicted molar refractivity (Wildman–Crippen MR) is 62.2 cm³/mol. The Balaban J connectivity index is 0.000000162. The van der Waals surface area contributed by atoms with Crippen LogP contribution in [0.3, 0.4) is 0 Å². The van der Waals surface area contributed by atoms with Crippen LogP contribution in [0.5, 0.6) is 0 Å². The molecule has 0 saturated carbocycles. The van der Waals surface area contributed by atoms with E-state index in [1.54, 1.807) is 0 Å². The third-order valence-electron chi connectivity index (χ3n) is 2.77. The van der Waals surface area contributed by atoms with E-state index in [-0.39, 0.29) is 0 Å². The Morgan fingerprint density at radius 2 is 1.47 bits per heavy atom. The summed E-state index contributed by atoms with van der Waals surface area (Å²) >= 11 is 0. The van der Waals surface area contributed by atoms with Crippen LogP contribution >= 0.6 is 0 Å². The van der Waals surface area contributed by atoms with Gasteiger partial charge in [0, 0.05) is 0 Å². The van der Waals surface area contributed by atoms with Gasteiger partial charge in [0.1, 0.15) is 0 Å². The summed E-state index contributed by atoms with van der Waals surface area (Å²) < 4.78 is 9.89. The van der Waals surface area contributed by atoms with Gasteiger partial charge in [0.2, 0.25) is 0 Å². The van der Waals surface area contributed by atoms with Crippen LogP contribution in [-0.4, -0.2) is 51.0 Å². The van der Waals surface area contributed by atoms with Crippen molar-refractivity contribution in [1.29, 1.82) is 0 Å². The first-order valence-electron chi connectivity index (χ1n) is 6.31. The quantitative estimate of drug-likeness (QED) is 0.718. The predicted octanol–water partition coefficient (Wildman–Crippen LogP) is 1.92.